The molecule has 3 fully saturated rings. The molecule has 3 aliphatic rings. The van der Waals surface area contributed by atoms with Crippen LogP contribution in [-0.2, 0) is 16.6 Å². The van der Waals surface area contributed by atoms with Crippen molar-refractivity contribution in [1.82, 2.24) is 25.2 Å². The molecule has 8 nitrogen and oxygen atoms in total. The summed E-state index contributed by atoms with van der Waals surface area (Å²) in [7, 11) is 2.00. The number of rotatable bonds is 4. The van der Waals surface area contributed by atoms with Gasteiger partial charge < -0.3 is 9.88 Å². The lowest BCUT2D eigenvalue weighted by Crippen LogP contribution is -2.52. The lowest BCUT2D eigenvalue weighted by atomic mass is 9.77. The standard InChI is InChI=1S/C20H29N5O3/c1-14-7-9-20(10-8-14)18(27)25(19(28)21-20)22-17(26)13-24-12-4-6-16(24)15-5-3-11-23(15)2/h3,5,11,14,16H,4,6-10,12-13H2,1-2H3,(H,21,28)(H,22,26). The minimum atomic E-state index is -0.837. The Labute approximate surface area is 165 Å². The van der Waals surface area contributed by atoms with Gasteiger partial charge in [0.25, 0.3) is 11.8 Å². The molecule has 0 radical (unpaired) electrons. The number of amides is 4. The summed E-state index contributed by atoms with van der Waals surface area (Å²) in [5.74, 6) is -0.0902. The number of carbonyl (C=O) groups excluding carboxylic acids is 3. The topological polar surface area (TPSA) is 86.7 Å². The van der Waals surface area contributed by atoms with E-state index in [0.717, 1.165) is 37.2 Å². The maximum Gasteiger partial charge on any atom is 0.344 e. The summed E-state index contributed by atoms with van der Waals surface area (Å²) in [6.45, 7) is 3.15. The van der Waals surface area contributed by atoms with Crippen LogP contribution in [0.5, 0.6) is 0 Å². The van der Waals surface area contributed by atoms with E-state index in [2.05, 4.69) is 33.2 Å². The summed E-state index contributed by atoms with van der Waals surface area (Å²) >= 11 is 0. The molecule has 1 saturated carbocycles. The van der Waals surface area contributed by atoms with Crippen molar-refractivity contribution in [2.45, 2.75) is 57.0 Å². The smallest absolute Gasteiger partial charge is 0.344 e. The summed E-state index contributed by atoms with van der Waals surface area (Å²) in [5.41, 5.74) is 2.89. The minimum absolute atomic E-state index is 0.164. The van der Waals surface area contributed by atoms with Gasteiger partial charge in [-0.2, -0.15) is 5.01 Å². The average Bonchev–Trinajstić information content (AvgIpc) is 3.33. The van der Waals surface area contributed by atoms with Crippen molar-refractivity contribution in [3.05, 3.63) is 24.0 Å². The lowest BCUT2D eigenvalue weighted by Gasteiger charge is -2.33. The number of hydrazine groups is 1. The number of imide groups is 1. The molecular formula is C20H29N5O3. The molecule has 28 heavy (non-hydrogen) atoms. The first-order valence-corrected chi connectivity index (χ1v) is 10.2. The summed E-state index contributed by atoms with van der Waals surface area (Å²) in [4.78, 5) is 40.0. The van der Waals surface area contributed by atoms with Crippen molar-refractivity contribution in [2.75, 3.05) is 13.1 Å². The first kappa shape index (κ1) is 19.0. The van der Waals surface area contributed by atoms with Gasteiger partial charge in [-0.1, -0.05) is 6.92 Å². The van der Waals surface area contributed by atoms with Gasteiger partial charge >= 0.3 is 6.03 Å². The lowest BCUT2D eigenvalue weighted by molar-refractivity contribution is -0.140. The van der Waals surface area contributed by atoms with Gasteiger partial charge in [0.2, 0.25) is 0 Å². The molecule has 1 spiro atoms. The number of urea groups is 1. The maximum atomic E-state index is 12.9. The predicted molar refractivity (Wildman–Crippen MR) is 103 cm³/mol. The summed E-state index contributed by atoms with van der Waals surface area (Å²) in [6.07, 6.45) is 7.09. The van der Waals surface area contributed by atoms with Crippen LogP contribution in [0.2, 0.25) is 0 Å². The van der Waals surface area contributed by atoms with Crippen molar-refractivity contribution in [3.8, 4) is 0 Å². The van der Waals surface area contributed by atoms with Gasteiger partial charge in [0, 0.05) is 18.9 Å². The highest BCUT2D eigenvalue weighted by atomic mass is 16.2. The summed E-state index contributed by atoms with van der Waals surface area (Å²) in [6, 6.07) is 3.74. The van der Waals surface area contributed by atoms with E-state index in [0.29, 0.717) is 18.8 Å². The van der Waals surface area contributed by atoms with Crippen molar-refractivity contribution in [3.63, 3.8) is 0 Å². The minimum Gasteiger partial charge on any atom is -0.353 e. The molecule has 1 aromatic rings. The zero-order valence-electron chi connectivity index (χ0n) is 16.6. The average molecular weight is 387 g/mol. The molecule has 1 aromatic heterocycles. The number of carbonyl (C=O) groups is 3. The van der Waals surface area contributed by atoms with Gasteiger partial charge in [-0.15, -0.1) is 0 Å². The Morgan fingerprint density at radius 2 is 2.04 bits per heavy atom. The van der Waals surface area contributed by atoms with E-state index in [9.17, 15) is 14.4 Å². The second-order valence-corrected chi connectivity index (χ2v) is 8.54. The van der Waals surface area contributed by atoms with Crippen LogP contribution < -0.4 is 10.7 Å². The van der Waals surface area contributed by atoms with Gasteiger partial charge in [0.1, 0.15) is 5.54 Å². The Balaban J connectivity index is 1.39. The first-order valence-electron chi connectivity index (χ1n) is 10.2. The summed E-state index contributed by atoms with van der Waals surface area (Å²) in [5, 5.41) is 3.73. The highest BCUT2D eigenvalue weighted by Gasteiger charge is 2.53. The third-order valence-electron chi connectivity index (χ3n) is 6.56. The fourth-order valence-electron chi connectivity index (χ4n) is 4.83. The van der Waals surface area contributed by atoms with Crippen molar-refractivity contribution in [1.29, 1.82) is 0 Å². The Morgan fingerprint density at radius 1 is 1.29 bits per heavy atom. The van der Waals surface area contributed by atoms with Crippen LogP contribution in [0.4, 0.5) is 4.79 Å². The molecular weight excluding hydrogens is 358 g/mol. The van der Waals surface area contributed by atoms with E-state index in [1.807, 2.05) is 19.3 Å². The van der Waals surface area contributed by atoms with E-state index < -0.39 is 11.6 Å². The Morgan fingerprint density at radius 3 is 2.71 bits per heavy atom. The Bertz CT molecular complexity index is 781. The fraction of sp³-hybridized carbons (Fsp3) is 0.650. The number of aryl methyl sites for hydroxylation is 1. The number of nitrogens with one attached hydrogen (secondary N) is 2. The van der Waals surface area contributed by atoms with Gasteiger partial charge in [-0.05, 0) is 63.1 Å². The number of aromatic nitrogens is 1. The van der Waals surface area contributed by atoms with Crippen LogP contribution in [0.1, 0.15) is 57.2 Å². The zero-order valence-corrected chi connectivity index (χ0v) is 16.6. The highest BCUT2D eigenvalue weighted by Crippen LogP contribution is 2.36. The van der Waals surface area contributed by atoms with Crippen molar-refractivity contribution in [2.24, 2.45) is 13.0 Å². The van der Waals surface area contributed by atoms with Crippen LogP contribution in [0.15, 0.2) is 18.3 Å². The van der Waals surface area contributed by atoms with E-state index in [1.54, 1.807) is 0 Å². The molecule has 1 atom stereocenters. The number of likely N-dealkylation sites (tertiary alicyclic amines) is 1. The molecule has 4 rings (SSSR count). The van der Waals surface area contributed by atoms with E-state index in [-0.39, 0.29) is 24.4 Å². The zero-order chi connectivity index (χ0) is 19.9. The maximum absolute atomic E-state index is 12.9. The van der Waals surface area contributed by atoms with E-state index in [1.165, 1.54) is 5.69 Å². The molecule has 2 saturated heterocycles. The molecule has 2 aliphatic heterocycles. The largest absolute Gasteiger partial charge is 0.353 e. The second kappa shape index (κ2) is 7.24. The third-order valence-corrected chi connectivity index (χ3v) is 6.56. The Kier molecular flexibility index (Phi) is 4.91. The first-order chi connectivity index (χ1) is 13.4. The quantitative estimate of drug-likeness (QED) is 0.770. The predicted octanol–water partition coefficient (Wildman–Crippen LogP) is 1.69. The van der Waals surface area contributed by atoms with E-state index in [4.69, 9.17) is 0 Å². The molecule has 1 aliphatic carbocycles. The Hall–Kier alpha value is -2.35. The SMILES string of the molecule is CC1CCC2(CC1)NC(=O)N(NC(=O)CN1CCCC1c1cccn1C)C2=O. The molecule has 152 valence electrons. The second-order valence-electron chi connectivity index (χ2n) is 8.54. The van der Waals surface area contributed by atoms with Gasteiger partial charge in [-0.25, -0.2) is 4.79 Å². The van der Waals surface area contributed by atoms with Crippen LogP contribution in [0, 0.1) is 5.92 Å². The van der Waals surface area contributed by atoms with Crippen molar-refractivity contribution >= 4 is 17.8 Å². The number of hydrogen-bond donors (Lipinski definition) is 2. The van der Waals surface area contributed by atoms with Gasteiger partial charge in [0.05, 0.1) is 12.6 Å². The molecule has 3 heterocycles. The van der Waals surface area contributed by atoms with Crippen LogP contribution >= 0.6 is 0 Å². The molecule has 0 bridgehead atoms. The monoisotopic (exact) mass is 387 g/mol. The van der Waals surface area contributed by atoms with Gasteiger partial charge in [-0.3, -0.25) is 19.9 Å². The normalized spacial score (nSPS) is 30.9. The van der Waals surface area contributed by atoms with Gasteiger partial charge in [0.15, 0.2) is 0 Å². The highest BCUT2D eigenvalue weighted by molar-refractivity contribution is 6.08. The molecule has 8 heteroatoms. The van der Waals surface area contributed by atoms with Crippen LogP contribution in [-0.4, -0.2) is 50.9 Å². The fourth-order valence-corrected chi connectivity index (χ4v) is 4.83. The number of hydrogen-bond acceptors (Lipinski definition) is 4. The number of nitrogens with zero attached hydrogens (tertiary/aromatic N) is 3. The van der Waals surface area contributed by atoms with Crippen LogP contribution in [0.3, 0.4) is 0 Å². The molecule has 4 amide bonds. The molecule has 0 aromatic carbocycles. The molecule has 1 unspecified atom stereocenters. The third kappa shape index (κ3) is 3.30. The molecule has 2 N–H and O–H groups in total. The van der Waals surface area contributed by atoms with Crippen LogP contribution in [0.25, 0.3) is 0 Å². The van der Waals surface area contributed by atoms with E-state index >= 15 is 0 Å². The summed E-state index contributed by atoms with van der Waals surface area (Å²) < 4.78 is 2.08. The van der Waals surface area contributed by atoms with Crippen molar-refractivity contribution < 1.29 is 14.4 Å².